The number of aromatic nitrogens is 2. The molecule has 0 spiro atoms. The lowest BCUT2D eigenvalue weighted by atomic mass is 9.83. The molecule has 3 rings (SSSR count). The molecule has 112 valence electrons. The zero-order valence-electron chi connectivity index (χ0n) is 12.3. The van der Waals surface area contributed by atoms with Crippen molar-refractivity contribution in [2.24, 2.45) is 0 Å². The molecule has 1 aromatic heterocycles. The molecule has 0 saturated carbocycles. The molecule has 0 saturated heterocycles. The quantitative estimate of drug-likeness (QED) is 0.834. The van der Waals surface area contributed by atoms with Crippen LogP contribution in [0, 0.1) is 0 Å². The first-order valence-electron chi connectivity index (χ1n) is 7.48. The Morgan fingerprint density at radius 1 is 1.33 bits per heavy atom. The van der Waals surface area contributed by atoms with E-state index in [0.717, 1.165) is 29.7 Å². The molecule has 0 aliphatic heterocycles. The molecule has 4 nitrogen and oxygen atoms in total. The van der Waals surface area contributed by atoms with Crippen LogP contribution in [0.5, 0.6) is 0 Å². The number of nitrogens with one attached hydrogen (secondary N) is 1. The van der Waals surface area contributed by atoms with Crippen molar-refractivity contribution in [3.63, 3.8) is 0 Å². The van der Waals surface area contributed by atoms with Crippen LogP contribution in [0.1, 0.15) is 39.9 Å². The van der Waals surface area contributed by atoms with E-state index in [1.54, 1.807) is 18.4 Å². The summed E-state index contributed by atoms with van der Waals surface area (Å²) >= 11 is 1.74. The fourth-order valence-corrected chi connectivity index (χ4v) is 3.82. The Morgan fingerprint density at radius 3 is 3.14 bits per heavy atom. The number of methoxy groups -OCH3 is 1. The van der Waals surface area contributed by atoms with Gasteiger partial charge in [0, 0.05) is 26.1 Å². The Kier molecular flexibility index (Phi) is 4.95. The number of hydrogen-bond acceptors (Lipinski definition) is 5. The van der Waals surface area contributed by atoms with E-state index in [9.17, 15) is 0 Å². The van der Waals surface area contributed by atoms with Crippen LogP contribution >= 0.6 is 11.3 Å². The van der Waals surface area contributed by atoms with Crippen LogP contribution in [0.3, 0.4) is 0 Å². The van der Waals surface area contributed by atoms with E-state index in [1.165, 1.54) is 30.4 Å². The van der Waals surface area contributed by atoms with Crippen molar-refractivity contribution in [3.05, 3.63) is 45.4 Å². The molecule has 5 heteroatoms. The summed E-state index contributed by atoms with van der Waals surface area (Å²) < 4.78 is 5.02. The van der Waals surface area contributed by atoms with Gasteiger partial charge in [-0.1, -0.05) is 35.6 Å². The number of fused-ring (bicyclic) bond motifs is 1. The van der Waals surface area contributed by atoms with E-state index in [0.29, 0.717) is 5.92 Å². The standard InChI is InChI=1S/C16H21N3OS/c1-20-10-9-17-11-15-18-19-16(21-15)14-8-4-6-12-5-2-3-7-13(12)14/h2-3,5,7,14,17H,4,6,8-11H2,1H3. The lowest BCUT2D eigenvalue weighted by Crippen LogP contribution is -2.18. The summed E-state index contributed by atoms with van der Waals surface area (Å²) in [6.07, 6.45) is 3.61. The Hall–Kier alpha value is -1.30. The van der Waals surface area contributed by atoms with E-state index in [4.69, 9.17) is 4.74 Å². The normalized spacial score (nSPS) is 17.7. The van der Waals surface area contributed by atoms with Gasteiger partial charge < -0.3 is 10.1 Å². The van der Waals surface area contributed by atoms with Gasteiger partial charge in [0.25, 0.3) is 0 Å². The molecule has 1 N–H and O–H groups in total. The highest BCUT2D eigenvalue weighted by Gasteiger charge is 2.24. The number of rotatable bonds is 6. The molecule has 2 aromatic rings. The Labute approximate surface area is 129 Å². The Morgan fingerprint density at radius 2 is 2.24 bits per heavy atom. The third-order valence-electron chi connectivity index (χ3n) is 3.91. The van der Waals surface area contributed by atoms with Gasteiger partial charge in [-0.2, -0.15) is 0 Å². The minimum atomic E-state index is 0.431. The van der Waals surface area contributed by atoms with Crippen molar-refractivity contribution < 1.29 is 4.74 Å². The summed E-state index contributed by atoms with van der Waals surface area (Å²) in [5, 5.41) is 14.3. The second-order valence-electron chi connectivity index (χ2n) is 5.35. The first-order chi connectivity index (χ1) is 10.4. The van der Waals surface area contributed by atoms with Crippen molar-refractivity contribution >= 4 is 11.3 Å². The minimum absolute atomic E-state index is 0.431. The van der Waals surface area contributed by atoms with Crippen LogP contribution in [0.25, 0.3) is 0 Å². The average Bonchev–Trinajstić information content (AvgIpc) is 3.00. The maximum absolute atomic E-state index is 5.02. The highest BCUT2D eigenvalue weighted by molar-refractivity contribution is 7.11. The van der Waals surface area contributed by atoms with Crippen LogP contribution in [-0.2, 0) is 17.7 Å². The topological polar surface area (TPSA) is 47.0 Å². The molecule has 0 fully saturated rings. The van der Waals surface area contributed by atoms with Gasteiger partial charge in [0.1, 0.15) is 10.0 Å². The number of hydrogen-bond donors (Lipinski definition) is 1. The average molecular weight is 303 g/mol. The molecule has 1 unspecified atom stereocenters. The second kappa shape index (κ2) is 7.11. The zero-order valence-corrected chi connectivity index (χ0v) is 13.2. The third kappa shape index (κ3) is 3.48. The van der Waals surface area contributed by atoms with Crippen molar-refractivity contribution in [1.82, 2.24) is 15.5 Å². The molecule has 1 atom stereocenters. The predicted molar refractivity (Wildman–Crippen MR) is 84.7 cm³/mol. The maximum Gasteiger partial charge on any atom is 0.131 e. The van der Waals surface area contributed by atoms with E-state index >= 15 is 0 Å². The third-order valence-corrected chi connectivity index (χ3v) is 4.95. The van der Waals surface area contributed by atoms with Gasteiger partial charge in [0.15, 0.2) is 0 Å². The molecule has 1 heterocycles. The number of aryl methyl sites for hydroxylation is 1. The monoisotopic (exact) mass is 303 g/mol. The van der Waals surface area contributed by atoms with Crippen LogP contribution in [0.2, 0.25) is 0 Å². The molecule has 1 aliphatic rings. The SMILES string of the molecule is COCCNCc1nnc(C2CCCc3ccccc32)s1. The Bertz CT molecular complexity index is 584. The van der Waals surface area contributed by atoms with Gasteiger partial charge in [0.2, 0.25) is 0 Å². The van der Waals surface area contributed by atoms with Gasteiger partial charge in [-0.15, -0.1) is 10.2 Å². The second-order valence-corrected chi connectivity index (χ2v) is 6.44. The Balaban J connectivity index is 1.69. The minimum Gasteiger partial charge on any atom is -0.383 e. The summed E-state index contributed by atoms with van der Waals surface area (Å²) in [7, 11) is 1.71. The van der Waals surface area contributed by atoms with Crippen LogP contribution in [0.15, 0.2) is 24.3 Å². The molecular weight excluding hydrogens is 282 g/mol. The summed E-state index contributed by atoms with van der Waals surface area (Å²) in [6, 6.07) is 8.75. The maximum atomic E-state index is 5.02. The van der Waals surface area contributed by atoms with Gasteiger partial charge in [-0.25, -0.2) is 0 Å². The smallest absolute Gasteiger partial charge is 0.131 e. The lowest BCUT2D eigenvalue weighted by Gasteiger charge is -2.23. The molecule has 21 heavy (non-hydrogen) atoms. The summed E-state index contributed by atoms with van der Waals surface area (Å²) in [6.45, 7) is 2.34. The molecule has 1 aromatic carbocycles. The van der Waals surface area contributed by atoms with E-state index < -0.39 is 0 Å². The molecule has 0 amide bonds. The van der Waals surface area contributed by atoms with Crippen molar-refractivity contribution in [2.75, 3.05) is 20.3 Å². The number of benzene rings is 1. The van der Waals surface area contributed by atoms with E-state index in [2.05, 4.69) is 39.8 Å². The first-order valence-corrected chi connectivity index (χ1v) is 8.30. The largest absolute Gasteiger partial charge is 0.383 e. The molecule has 1 aliphatic carbocycles. The fourth-order valence-electron chi connectivity index (χ4n) is 2.86. The molecule has 0 bridgehead atoms. The van der Waals surface area contributed by atoms with Gasteiger partial charge >= 0.3 is 0 Å². The number of nitrogens with zero attached hydrogens (tertiary/aromatic N) is 2. The van der Waals surface area contributed by atoms with Gasteiger partial charge in [-0.05, 0) is 30.4 Å². The fraction of sp³-hybridized carbons (Fsp3) is 0.500. The van der Waals surface area contributed by atoms with Crippen LogP contribution in [-0.4, -0.2) is 30.5 Å². The highest BCUT2D eigenvalue weighted by atomic mass is 32.1. The van der Waals surface area contributed by atoms with Crippen LogP contribution < -0.4 is 5.32 Å². The number of ether oxygens (including phenoxy) is 1. The molecular formula is C16H21N3OS. The summed E-state index contributed by atoms with van der Waals surface area (Å²) in [5.41, 5.74) is 2.92. The lowest BCUT2D eigenvalue weighted by molar-refractivity contribution is 0.199. The highest BCUT2D eigenvalue weighted by Crippen LogP contribution is 2.37. The van der Waals surface area contributed by atoms with Gasteiger partial charge in [-0.3, -0.25) is 0 Å². The van der Waals surface area contributed by atoms with Gasteiger partial charge in [0.05, 0.1) is 6.61 Å². The van der Waals surface area contributed by atoms with Crippen LogP contribution in [0.4, 0.5) is 0 Å². The van der Waals surface area contributed by atoms with Crippen molar-refractivity contribution in [2.45, 2.75) is 31.7 Å². The summed E-state index contributed by atoms with van der Waals surface area (Å²) in [4.78, 5) is 0. The first kappa shape index (κ1) is 14.6. The predicted octanol–water partition coefficient (Wildman–Crippen LogP) is 2.74. The van der Waals surface area contributed by atoms with E-state index in [-0.39, 0.29) is 0 Å². The van der Waals surface area contributed by atoms with Crippen molar-refractivity contribution in [1.29, 1.82) is 0 Å². The zero-order chi connectivity index (χ0) is 14.5. The summed E-state index contributed by atoms with van der Waals surface area (Å²) in [5.74, 6) is 0.431. The van der Waals surface area contributed by atoms with Crippen molar-refractivity contribution in [3.8, 4) is 0 Å². The van der Waals surface area contributed by atoms with E-state index in [1.807, 2.05) is 0 Å². The molecule has 0 radical (unpaired) electrons.